The lowest BCUT2D eigenvalue weighted by Gasteiger charge is -2.10. The fraction of sp³-hybridized carbons (Fsp3) is 0.222. The molecule has 1 rings (SSSR count). The van der Waals surface area contributed by atoms with Crippen molar-refractivity contribution < 1.29 is 13.2 Å². The van der Waals surface area contributed by atoms with Crippen LogP contribution in [0.4, 0.5) is 13.2 Å². The van der Waals surface area contributed by atoms with E-state index < -0.39 is 11.7 Å². The first-order valence-corrected chi connectivity index (χ1v) is 3.63. The van der Waals surface area contributed by atoms with E-state index in [1.54, 1.807) is 6.07 Å². The van der Waals surface area contributed by atoms with Gasteiger partial charge >= 0.3 is 6.18 Å². The van der Waals surface area contributed by atoms with Crippen LogP contribution < -0.4 is 0 Å². The topological polar surface area (TPSA) is 12.4 Å². The van der Waals surface area contributed by atoms with Gasteiger partial charge in [-0.05, 0) is 18.3 Å². The van der Waals surface area contributed by atoms with Gasteiger partial charge in [-0.3, -0.25) is 4.99 Å². The first-order valence-electron chi connectivity index (χ1n) is 3.63. The van der Waals surface area contributed by atoms with Crippen molar-refractivity contribution in [1.29, 1.82) is 0 Å². The van der Waals surface area contributed by atoms with E-state index in [0.29, 0.717) is 0 Å². The SMILES string of the molecule is C=NCc1ccccc1C(F)(F)F. The summed E-state index contributed by atoms with van der Waals surface area (Å²) in [5.74, 6) is 0. The second-order valence-corrected chi connectivity index (χ2v) is 2.54. The second kappa shape index (κ2) is 3.60. The molecular formula is C9H8F3N. The van der Waals surface area contributed by atoms with Crippen molar-refractivity contribution in [3.8, 4) is 0 Å². The minimum absolute atomic E-state index is 0.00428. The molecule has 1 aromatic rings. The van der Waals surface area contributed by atoms with E-state index in [1.807, 2.05) is 0 Å². The molecule has 0 fully saturated rings. The van der Waals surface area contributed by atoms with E-state index in [-0.39, 0.29) is 12.1 Å². The van der Waals surface area contributed by atoms with Gasteiger partial charge in [-0.1, -0.05) is 18.2 Å². The Labute approximate surface area is 73.9 Å². The van der Waals surface area contributed by atoms with Crippen molar-refractivity contribution in [2.45, 2.75) is 12.7 Å². The predicted octanol–water partition coefficient (Wildman–Crippen LogP) is 2.91. The van der Waals surface area contributed by atoms with Crippen molar-refractivity contribution in [2.75, 3.05) is 0 Å². The highest BCUT2D eigenvalue weighted by atomic mass is 19.4. The summed E-state index contributed by atoms with van der Waals surface area (Å²) in [6, 6.07) is 5.35. The van der Waals surface area contributed by atoms with Gasteiger partial charge in [-0.15, -0.1) is 0 Å². The van der Waals surface area contributed by atoms with Crippen LogP contribution in [0.25, 0.3) is 0 Å². The molecule has 0 heterocycles. The molecule has 1 aromatic carbocycles. The van der Waals surface area contributed by atoms with Crippen LogP contribution in [0.5, 0.6) is 0 Å². The van der Waals surface area contributed by atoms with Crippen LogP contribution in [-0.2, 0) is 12.7 Å². The van der Waals surface area contributed by atoms with Crippen molar-refractivity contribution in [1.82, 2.24) is 0 Å². The van der Waals surface area contributed by atoms with E-state index >= 15 is 0 Å². The average molecular weight is 187 g/mol. The van der Waals surface area contributed by atoms with Gasteiger partial charge in [0.1, 0.15) is 0 Å². The molecule has 0 saturated heterocycles. The third kappa shape index (κ3) is 2.31. The standard InChI is InChI=1S/C9H8F3N/c1-13-6-7-4-2-3-5-8(7)9(10,11)12/h2-5H,1,6H2. The summed E-state index contributed by atoms with van der Waals surface area (Å²) in [5.41, 5.74) is -0.479. The minimum atomic E-state index is -4.30. The number of alkyl halides is 3. The lowest BCUT2D eigenvalue weighted by atomic mass is 10.1. The average Bonchev–Trinajstić information content (AvgIpc) is 2.04. The zero-order valence-corrected chi connectivity index (χ0v) is 6.80. The third-order valence-corrected chi connectivity index (χ3v) is 1.60. The van der Waals surface area contributed by atoms with Gasteiger partial charge in [0.2, 0.25) is 0 Å². The number of benzene rings is 1. The zero-order valence-electron chi connectivity index (χ0n) is 6.80. The summed E-state index contributed by atoms with van der Waals surface area (Å²) in [6.45, 7) is 3.16. The van der Waals surface area contributed by atoms with Crippen LogP contribution in [0.3, 0.4) is 0 Å². The van der Waals surface area contributed by atoms with Gasteiger partial charge < -0.3 is 0 Å². The number of hydrogen-bond donors (Lipinski definition) is 0. The minimum Gasteiger partial charge on any atom is -0.296 e. The molecule has 0 aliphatic rings. The summed E-state index contributed by atoms with van der Waals surface area (Å²) >= 11 is 0. The normalized spacial score (nSPS) is 11.3. The Morgan fingerprint density at radius 1 is 1.23 bits per heavy atom. The second-order valence-electron chi connectivity index (χ2n) is 2.54. The Bertz CT molecular complexity index is 304. The molecule has 0 radical (unpaired) electrons. The predicted molar refractivity (Wildman–Crippen MR) is 44.7 cm³/mol. The number of nitrogens with zero attached hydrogens (tertiary/aromatic N) is 1. The van der Waals surface area contributed by atoms with Crippen molar-refractivity contribution >= 4 is 6.72 Å². The Morgan fingerprint density at radius 2 is 1.85 bits per heavy atom. The lowest BCUT2D eigenvalue weighted by Crippen LogP contribution is -2.08. The van der Waals surface area contributed by atoms with E-state index in [4.69, 9.17) is 0 Å². The smallest absolute Gasteiger partial charge is 0.296 e. The molecule has 0 spiro atoms. The zero-order chi connectivity index (χ0) is 9.90. The molecule has 0 amide bonds. The summed E-state index contributed by atoms with van der Waals surface area (Å²) in [6.07, 6.45) is -4.30. The summed E-state index contributed by atoms with van der Waals surface area (Å²) in [7, 11) is 0. The first kappa shape index (κ1) is 9.77. The van der Waals surface area contributed by atoms with Crippen LogP contribution in [0.1, 0.15) is 11.1 Å². The molecule has 0 N–H and O–H groups in total. The summed E-state index contributed by atoms with van der Waals surface area (Å²) in [4.78, 5) is 3.43. The maximum Gasteiger partial charge on any atom is 0.416 e. The van der Waals surface area contributed by atoms with Crippen LogP contribution in [0.2, 0.25) is 0 Å². The van der Waals surface area contributed by atoms with Crippen LogP contribution in [0.15, 0.2) is 29.3 Å². The van der Waals surface area contributed by atoms with Crippen LogP contribution >= 0.6 is 0 Å². The molecule has 0 aliphatic carbocycles. The quantitative estimate of drug-likeness (QED) is 0.631. The Hall–Kier alpha value is -1.32. The fourth-order valence-corrected chi connectivity index (χ4v) is 1.06. The van der Waals surface area contributed by atoms with Gasteiger partial charge in [-0.2, -0.15) is 13.2 Å². The number of halogens is 3. The molecule has 0 unspecified atom stereocenters. The maximum absolute atomic E-state index is 12.3. The number of aliphatic imine (C=N–C) groups is 1. The molecular weight excluding hydrogens is 179 g/mol. The first-order chi connectivity index (χ1) is 6.05. The highest BCUT2D eigenvalue weighted by molar-refractivity contribution is 5.32. The Balaban J connectivity index is 3.11. The number of rotatable bonds is 2. The maximum atomic E-state index is 12.3. The van der Waals surface area contributed by atoms with Gasteiger partial charge in [0, 0.05) is 0 Å². The van der Waals surface area contributed by atoms with Gasteiger partial charge in [0.05, 0.1) is 12.1 Å². The van der Waals surface area contributed by atoms with Crippen molar-refractivity contribution in [3.63, 3.8) is 0 Å². The van der Waals surface area contributed by atoms with E-state index in [2.05, 4.69) is 11.7 Å². The van der Waals surface area contributed by atoms with E-state index in [1.165, 1.54) is 12.1 Å². The fourth-order valence-electron chi connectivity index (χ4n) is 1.06. The van der Waals surface area contributed by atoms with Gasteiger partial charge in [0.15, 0.2) is 0 Å². The molecule has 0 atom stereocenters. The summed E-state index contributed by atoms with van der Waals surface area (Å²) < 4.78 is 36.9. The molecule has 0 aliphatic heterocycles. The van der Waals surface area contributed by atoms with Crippen LogP contribution in [-0.4, -0.2) is 6.72 Å². The molecule has 13 heavy (non-hydrogen) atoms. The van der Waals surface area contributed by atoms with Gasteiger partial charge in [-0.25, -0.2) is 0 Å². The van der Waals surface area contributed by atoms with Crippen molar-refractivity contribution in [2.24, 2.45) is 4.99 Å². The van der Waals surface area contributed by atoms with Gasteiger partial charge in [0.25, 0.3) is 0 Å². The summed E-state index contributed by atoms with van der Waals surface area (Å²) in [5, 5.41) is 0. The molecule has 1 nitrogen and oxygen atoms in total. The molecule has 4 heteroatoms. The largest absolute Gasteiger partial charge is 0.416 e. The monoisotopic (exact) mass is 187 g/mol. The van der Waals surface area contributed by atoms with E-state index in [0.717, 1.165) is 6.07 Å². The molecule has 0 bridgehead atoms. The van der Waals surface area contributed by atoms with E-state index in [9.17, 15) is 13.2 Å². The lowest BCUT2D eigenvalue weighted by molar-refractivity contribution is -0.138. The molecule has 0 aromatic heterocycles. The molecule has 0 saturated carbocycles. The molecule has 70 valence electrons. The third-order valence-electron chi connectivity index (χ3n) is 1.60. The Morgan fingerprint density at radius 3 is 2.38 bits per heavy atom. The van der Waals surface area contributed by atoms with Crippen molar-refractivity contribution in [3.05, 3.63) is 35.4 Å². The highest BCUT2D eigenvalue weighted by Gasteiger charge is 2.32. The highest BCUT2D eigenvalue weighted by Crippen LogP contribution is 2.31. The Kier molecular flexibility index (Phi) is 2.70. The van der Waals surface area contributed by atoms with Crippen LogP contribution in [0, 0.1) is 0 Å². The number of hydrogen-bond acceptors (Lipinski definition) is 1.